The number of ether oxygens (including phenoxy) is 3. The van der Waals surface area contributed by atoms with Crippen LogP contribution in [0.5, 0.6) is 17.2 Å². The van der Waals surface area contributed by atoms with E-state index >= 15 is 0 Å². The van der Waals surface area contributed by atoms with Crippen LogP contribution in [0.4, 0.5) is 5.69 Å². The Labute approximate surface area is 163 Å². The van der Waals surface area contributed by atoms with Crippen LogP contribution in [0.2, 0.25) is 0 Å². The molecule has 0 bridgehead atoms. The molecule has 0 saturated heterocycles. The molecule has 0 fully saturated rings. The second kappa shape index (κ2) is 7.78. The van der Waals surface area contributed by atoms with Crippen molar-refractivity contribution in [1.82, 2.24) is 0 Å². The predicted octanol–water partition coefficient (Wildman–Crippen LogP) is 3.77. The van der Waals surface area contributed by atoms with Crippen LogP contribution in [0, 0.1) is 0 Å². The quantitative estimate of drug-likeness (QED) is 0.683. The molecule has 144 valence electrons. The Morgan fingerprint density at radius 2 is 1.82 bits per heavy atom. The predicted molar refractivity (Wildman–Crippen MR) is 110 cm³/mol. The average molecular weight is 378 g/mol. The summed E-state index contributed by atoms with van der Waals surface area (Å²) in [6.07, 6.45) is 1.58. The second-order valence-corrected chi connectivity index (χ2v) is 6.39. The van der Waals surface area contributed by atoms with Crippen molar-refractivity contribution in [1.29, 1.82) is 0 Å². The van der Waals surface area contributed by atoms with Crippen molar-refractivity contribution < 1.29 is 19.3 Å². The number of methoxy groups -OCH3 is 2. The maximum absolute atomic E-state index is 9.06. The zero-order valence-electron chi connectivity index (χ0n) is 15.8. The van der Waals surface area contributed by atoms with E-state index in [0.29, 0.717) is 5.75 Å². The third-order valence-corrected chi connectivity index (χ3v) is 4.78. The van der Waals surface area contributed by atoms with Crippen molar-refractivity contribution in [2.75, 3.05) is 32.8 Å². The fourth-order valence-corrected chi connectivity index (χ4v) is 3.45. The first-order valence-electron chi connectivity index (χ1n) is 9.06. The highest BCUT2D eigenvalue weighted by molar-refractivity contribution is 5.96. The monoisotopic (exact) mass is 378 g/mol. The van der Waals surface area contributed by atoms with Crippen LogP contribution in [0.1, 0.15) is 17.3 Å². The lowest BCUT2D eigenvalue weighted by atomic mass is 10.00. The first-order chi connectivity index (χ1) is 13.7. The number of aliphatic hydroxyl groups excluding tert-OH is 1. The van der Waals surface area contributed by atoms with E-state index in [4.69, 9.17) is 24.3 Å². The molecule has 1 atom stereocenters. The molecule has 1 aliphatic rings. The maximum Gasteiger partial charge on any atom is 0.145 e. The molecule has 0 radical (unpaired) electrons. The van der Waals surface area contributed by atoms with Crippen LogP contribution in [0.15, 0.2) is 53.5 Å². The SMILES string of the molecule is COc1cc2c(c(OC)c1)C=NC(c1ccc(OCCO)c3ccccc13)N2. The highest BCUT2D eigenvalue weighted by atomic mass is 16.5. The number of nitrogens with zero attached hydrogens (tertiary/aromatic N) is 1. The number of aliphatic imine (C=N–C) groups is 1. The Morgan fingerprint density at radius 1 is 1.00 bits per heavy atom. The normalized spacial score (nSPS) is 15.0. The molecule has 3 aromatic carbocycles. The molecule has 3 aromatic rings. The fourth-order valence-electron chi connectivity index (χ4n) is 3.45. The van der Waals surface area contributed by atoms with Crippen LogP contribution < -0.4 is 19.5 Å². The summed E-state index contributed by atoms with van der Waals surface area (Å²) >= 11 is 0. The number of aliphatic hydroxyl groups is 1. The van der Waals surface area contributed by atoms with E-state index in [1.807, 2.05) is 48.7 Å². The summed E-state index contributed by atoms with van der Waals surface area (Å²) in [7, 11) is 3.27. The first kappa shape index (κ1) is 18.1. The van der Waals surface area contributed by atoms with Gasteiger partial charge in [-0.1, -0.05) is 30.3 Å². The third-order valence-electron chi connectivity index (χ3n) is 4.78. The van der Waals surface area contributed by atoms with Gasteiger partial charge in [0.1, 0.15) is 30.0 Å². The smallest absolute Gasteiger partial charge is 0.145 e. The summed E-state index contributed by atoms with van der Waals surface area (Å²) in [5, 5.41) is 14.6. The molecule has 1 heterocycles. The van der Waals surface area contributed by atoms with Gasteiger partial charge in [-0.2, -0.15) is 0 Å². The molecule has 0 spiro atoms. The standard InChI is InChI=1S/C22H22N2O4/c1-26-14-11-19-18(21(12-14)27-2)13-23-22(24-19)17-7-8-20(28-10-9-25)16-6-4-3-5-15(16)17/h3-8,11-13,22,24-25H,9-10H2,1-2H3. The van der Waals surface area contributed by atoms with Gasteiger partial charge in [-0.05, 0) is 11.5 Å². The molecule has 0 saturated carbocycles. The molecule has 0 aliphatic carbocycles. The lowest BCUT2D eigenvalue weighted by Gasteiger charge is -2.25. The van der Waals surface area contributed by atoms with Crippen molar-refractivity contribution in [2.45, 2.75) is 6.17 Å². The van der Waals surface area contributed by atoms with Gasteiger partial charge in [-0.25, -0.2) is 0 Å². The summed E-state index contributed by atoms with van der Waals surface area (Å²) < 4.78 is 16.5. The number of benzene rings is 3. The van der Waals surface area contributed by atoms with Gasteiger partial charge in [-0.3, -0.25) is 4.99 Å². The summed E-state index contributed by atoms with van der Waals surface area (Å²) in [6.45, 7) is 0.237. The zero-order chi connectivity index (χ0) is 19.5. The number of rotatable bonds is 6. The highest BCUT2D eigenvalue weighted by Crippen LogP contribution is 2.39. The minimum atomic E-state index is -0.249. The fraction of sp³-hybridized carbons (Fsp3) is 0.227. The van der Waals surface area contributed by atoms with Crippen LogP contribution in [0.3, 0.4) is 0 Å². The Kier molecular flexibility index (Phi) is 5.04. The molecule has 1 unspecified atom stereocenters. The van der Waals surface area contributed by atoms with Gasteiger partial charge in [0.2, 0.25) is 0 Å². The molecule has 0 aromatic heterocycles. The van der Waals surface area contributed by atoms with Crippen molar-refractivity contribution in [3.8, 4) is 17.2 Å². The second-order valence-electron chi connectivity index (χ2n) is 6.39. The van der Waals surface area contributed by atoms with Crippen molar-refractivity contribution in [3.63, 3.8) is 0 Å². The van der Waals surface area contributed by atoms with E-state index in [0.717, 1.165) is 39.1 Å². The average Bonchev–Trinajstić information content (AvgIpc) is 2.76. The summed E-state index contributed by atoms with van der Waals surface area (Å²) in [6, 6.07) is 15.7. The number of fused-ring (bicyclic) bond motifs is 2. The van der Waals surface area contributed by atoms with Crippen LogP contribution in [-0.4, -0.2) is 38.8 Å². The number of hydrogen-bond donors (Lipinski definition) is 2. The van der Waals surface area contributed by atoms with Crippen LogP contribution in [0.25, 0.3) is 10.8 Å². The van der Waals surface area contributed by atoms with Crippen molar-refractivity contribution in [2.24, 2.45) is 4.99 Å². The molecular formula is C22H22N2O4. The van der Waals surface area contributed by atoms with Gasteiger partial charge in [0, 0.05) is 29.3 Å². The molecule has 4 rings (SSSR count). The molecule has 2 N–H and O–H groups in total. The first-order valence-corrected chi connectivity index (χ1v) is 9.06. The Morgan fingerprint density at radius 3 is 2.57 bits per heavy atom. The Bertz CT molecular complexity index is 1030. The van der Waals surface area contributed by atoms with E-state index in [1.165, 1.54) is 0 Å². The van der Waals surface area contributed by atoms with Crippen molar-refractivity contribution >= 4 is 22.7 Å². The Hall–Kier alpha value is -3.25. The van der Waals surface area contributed by atoms with Crippen molar-refractivity contribution in [3.05, 3.63) is 59.7 Å². The number of hydrogen-bond acceptors (Lipinski definition) is 6. The highest BCUT2D eigenvalue weighted by Gasteiger charge is 2.22. The topological polar surface area (TPSA) is 72.3 Å². The van der Waals surface area contributed by atoms with Gasteiger partial charge >= 0.3 is 0 Å². The van der Waals surface area contributed by atoms with Gasteiger partial charge in [0.25, 0.3) is 0 Å². The van der Waals surface area contributed by atoms with E-state index < -0.39 is 0 Å². The minimum absolute atomic E-state index is 0.0228. The minimum Gasteiger partial charge on any atom is -0.497 e. The molecule has 6 nitrogen and oxygen atoms in total. The third kappa shape index (κ3) is 3.23. The van der Waals surface area contributed by atoms with Gasteiger partial charge in [0.05, 0.1) is 32.1 Å². The van der Waals surface area contributed by atoms with Crippen LogP contribution in [-0.2, 0) is 0 Å². The summed E-state index contributed by atoms with van der Waals surface area (Å²) in [5.41, 5.74) is 2.84. The molecule has 6 heteroatoms. The van der Waals surface area contributed by atoms with Gasteiger partial charge < -0.3 is 24.6 Å². The Balaban J connectivity index is 1.75. The molecule has 28 heavy (non-hydrogen) atoms. The van der Waals surface area contributed by atoms with E-state index in [9.17, 15) is 0 Å². The summed E-state index contributed by atoms with van der Waals surface area (Å²) in [4.78, 5) is 4.71. The number of anilines is 1. The van der Waals surface area contributed by atoms with Gasteiger partial charge in [0.15, 0.2) is 0 Å². The summed E-state index contributed by atoms with van der Waals surface area (Å²) in [5.74, 6) is 2.17. The van der Waals surface area contributed by atoms with E-state index in [2.05, 4.69) is 11.4 Å². The molecular weight excluding hydrogens is 356 g/mol. The zero-order valence-corrected chi connectivity index (χ0v) is 15.8. The van der Waals surface area contributed by atoms with Gasteiger partial charge in [-0.15, -0.1) is 0 Å². The lowest BCUT2D eigenvalue weighted by Crippen LogP contribution is -2.16. The maximum atomic E-state index is 9.06. The lowest BCUT2D eigenvalue weighted by molar-refractivity contribution is 0.203. The van der Waals surface area contributed by atoms with E-state index in [-0.39, 0.29) is 19.4 Å². The number of nitrogens with one attached hydrogen (secondary N) is 1. The molecule has 1 aliphatic heterocycles. The van der Waals surface area contributed by atoms with E-state index in [1.54, 1.807) is 14.2 Å². The van der Waals surface area contributed by atoms with Crippen LogP contribution >= 0.6 is 0 Å². The molecule has 0 amide bonds. The largest absolute Gasteiger partial charge is 0.497 e.